The summed E-state index contributed by atoms with van der Waals surface area (Å²) < 4.78 is 0. The van der Waals surface area contributed by atoms with E-state index in [0.29, 0.717) is 24.8 Å². The number of rotatable bonds is 3. The van der Waals surface area contributed by atoms with Crippen LogP contribution in [0.3, 0.4) is 0 Å². The molecule has 2 rings (SSSR count). The van der Waals surface area contributed by atoms with Crippen LogP contribution in [0, 0.1) is 22.7 Å². The van der Waals surface area contributed by atoms with E-state index in [-0.39, 0.29) is 5.91 Å². The topological polar surface area (TPSA) is 44.1 Å². The van der Waals surface area contributed by atoms with Crippen molar-refractivity contribution in [2.24, 2.45) is 11.3 Å². The Morgan fingerprint density at radius 2 is 1.94 bits per heavy atom. The molecule has 100 valence electrons. The van der Waals surface area contributed by atoms with Gasteiger partial charge in [0.05, 0.1) is 6.07 Å². The lowest BCUT2D eigenvalue weighted by atomic mass is 9.81. The van der Waals surface area contributed by atoms with Crippen molar-refractivity contribution < 1.29 is 4.79 Å². The average Bonchev–Trinajstić information content (AvgIpc) is 2.85. The Balaban J connectivity index is 2.16. The maximum absolute atomic E-state index is 12.7. The molecule has 3 heteroatoms. The molecule has 2 atom stereocenters. The number of carbonyl (C=O) groups is 1. The third-order valence-corrected chi connectivity index (χ3v) is 5.10. The van der Waals surface area contributed by atoms with E-state index in [1.807, 2.05) is 18.7 Å². The Bertz CT molecular complexity index is 354. The minimum Gasteiger partial charge on any atom is -0.338 e. The fourth-order valence-corrected chi connectivity index (χ4v) is 3.69. The van der Waals surface area contributed by atoms with Gasteiger partial charge in [0.2, 0.25) is 5.91 Å². The minimum absolute atomic E-state index is 0.101. The lowest BCUT2D eigenvalue weighted by molar-refractivity contribution is -0.141. The van der Waals surface area contributed by atoms with E-state index in [4.69, 9.17) is 0 Å². The van der Waals surface area contributed by atoms with Gasteiger partial charge in [-0.2, -0.15) is 5.26 Å². The first kappa shape index (κ1) is 13.4. The van der Waals surface area contributed by atoms with E-state index >= 15 is 0 Å². The van der Waals surface area contributed by atoms with E-state index in [1.54, 1.807) is 0 Å². The highest BCUT2D eigenvalue weighted by atomic mass is 16.2. The zero-order valence-electron chi connectivity index (χ0n) is 11.6. The quantitative estimate of drug-likeness (QED) is 0.770. The number of nitrogens with zero attached hydrogens (tertiary/aromatic N) is 2. The first-order valence-electron chi connectivity index (χ1n) is 7.41. The van der Waals surface area contributed by atoms with Crippen LogP contribution < -0.4 is 0 Å². The third kappa shape index (κ3) is 2.02. The van der Waals surface area contributed by atoms with E-state index < -0.39 is 5.41 Å². The van der Waals surface area contributed by atoms with E-state index in [2.05, 4.69) is 6.07 Å². The number of likely N-dealkylation sites (tertiary alicyclic amines) is 1. The highest BCUT2D eigenvalue weighted by Crippen LogP contribution is 2.39. The number of carbonyl (C=O) groups excluding carboxylic acids is 1. The molecule has 3 nitrogen and oxygen atoms in total. The molecule has 1 heterocycles. The van der Waals surface area contributed by atoms with Crippen molar-refractivity contribution in [1.82, 2.24) is 4.90 Å². The molecule has 1 amide bonds. The Hall–Kier alpha value is -1.04. The van der Waals surface area contributed by atoms with Gasteiger partial charge in [0.25, 0.3) is 0 Å². The van der Waals surface area contributed by atoms with Crippen molar-refractivity contribution in [1.29, 1.82) is 5.26 Å². The Labute approximate surface area is 110 Å². The number of hydrogen-bond donors (Lipinski definition) is 0. The largest absolute Gasteiger partial charge is 0.338 e. The SMILES string of the molecule is CCC(C#N)(CC)C(=O)N1CCC2CCCCC21. The fraction of sp³-hybridized carbons (Fsp3) is 0.867. The van der Waals surface area contributed by atoms with E-state index in [9.17, 15) is 10.1 Å². The molecule has 1 saturated carbocycles. The highest BCUT2D eigenvalue weighted by molar-refractivity contribution is 5.86. The van der Waals surface area contributed by atoms with Crippen LogP contribution in [-0.4, -0.2) is 23.4 Å². The van der Waals surface area contributed by atoms with E-state index in [0.717, 1.165) is 19.4 Å². The molecular formula is C15H24N2O. The van der Waals surface area contributed by atoms with Crippen LogP contribution in [0.1, 0.15) is 58.8 Å². The van der Waals surface area contributed by atoms with Gasteiger partial charge in [0.1, 0.15) is 5.41 Å². The summed E-state index contributed by atoms with van der Waals surface area (Å²) in [6, 6.07) is 2.72. The van der Waals surface area contributed by atoms with Gasteiger partial charge in [0, 0.05) is 12.6 Å². The van der Waals surface area contributed by atoms with Gasteiger partial charge < -0.3 is 4.90 Å². The van der Waals surface area contributed by atoms with Crippen molar-refractivity contribution in [3.05, 3.63) is 0 Å². The van der Waals surface area contributed by atoms with Crippen molar-refractivity contribution in [2.45, 2.75) is 64.8 Å². The average molecular weight is 248 g/mol. The van der Waals surface area contributed by atoms with Crippen molar-refractivity contribution in [3.8, 4) is 6.07 Å². The predicted molar refractivity (Wildman–Crippen MR) is 70.7 cm³/mol. The molecule has 1 saturated heterocycles. The first-order chi connectivity index (χ1) is 8.68. The summed E-state index contributed by atoms with van der Waals surface area (Å²) in [7, 11) is 0. The molecule has 0 aromatic rings. The number of nitriles is 1. The smallest absolute Gasteiger partial charge is 0.243 e. The Morgan fingerprint density at radius 1 is 1.28 bits per heavy atom. The zero-order chi connectivity index (χ0) is 13.2. The lowest BCUT2D eigenvalue weighted by Gasteiger charge is -2.36. The normalized spacial score (nSPS) is 27.7. The third-order valence-electron chi connectivity index (χ3n) is 5.10. The molecule has 0 N–H and O–H groups in total. The zero-order valence-corrected chi connectivity index (χ0v) is 11.6. The van der Waals surface area contributed by atoms with Gasteiger partial charge in [-0.3, -0.25) is 4.79 Å². The highest BCUT2D eigenvalue weighted by Gasteiger charge is 2.45. The molecule has 0 spiro atoms. The molecule has 0 bridgehead atoms. The summed E-state index contributed by atoms with van der Waals surface area (Å²) in [6.07, 6.45) is 7.37. The number of fused-ring (bicyclic) bond motifs is 1. The van der Waals surface area contributed by atoms with Gasteiger partial charge in [-0.15, -0.1) is 0 Å². The second-order valence-corrected chi connectivity index (χ2v) is 5.80. The minimum atomic E-state index is -0.771. The predicted octanol–water partition coefficient (Wildman–Crippen LogP) is 3.11. The van der Waals surface area contributed by atoms with Crippen LogP contribution in [-0.2, 0) is 4.79 Å². The maximum Gasteiger partial charge on any atom is 0.243 e. The van der Waals surface area contributed by atoms with Crippen LogP contribution in [0.2, 0.25) is 0 Å². The molecule has 0 radical (unpaired) electrons. The number of hydrogen-bond acceptors (Lipinski definition) is 2. The van der Waals surface area contributed by atoms with Crippen LogP contribution in [0.5, 0.6) is 0 Å². The molecule has 1 aliphatic carbocycles. The maximum atomic E-state index is 12.7. The summed E-state index contributed by atoms with van der Waals surface area (Å²) in [5.41, 5.74) is -0.771. The first-order valence-corrected chi connectivity index (χ1v) is 7.41. The molecular weight excluding hydrogens is 224 g/mol. The molecule has 2 aliphatic rings. The summed E-state index contributed by atoms with van der Waals surface area (Å²) >= 11 is 0. The van der Waals surface area contributed by atoms with Crippen molar-refractivity contribution >= 4 is 5.91 Å². The van der Waals surface area contributed by atoms with Gasteiger partial charge in [-0.25, -0.2) is 0 Å². The standard InChI is InChI=1S/C15H24N2O/c1-3-15(4-2,11-16)14(18)17-10-9-12-7-5-6-8-13(12)17/h12-13H,3-10H2,1-2H3. The molecule has 1 aliphatic heterocycles. The summed E-state index contributed by atoms with van der Waals surface area (Å²) in [6.45, 7) is 4.79. The second kappa shape index (κ2) is 5.30. The molecule has 18 heavy (non-hydrogen) atoms. The van der Waals surface area contributed by atoms with Gasteiger partial charge in [-0.1, -0.05) is 26.7 Å². The van der Waals surface area contributed by atoms with Gasteiger partial charge in [-0.05, 0) is 38.0 Å². The van der Waals surface area contributed by atoms with Crippen LogP contribution in [0.25, 0.3) is 0 Å². The summed E-state index contributed by atoms with van der Waals surface area (Å²) in [5.74, 6) is 0.803. The van der Waals surface area contributed by atoms with Crippen LogP contribution >= 0.6 is 0 Å². The van der Waals surface area contributed by atoms with Crippen molar-refractivity contribution in [2.75, 3.05) is 6.54 Å². The van der Waals surface area contributed by atoms with Crippen LogP contribution in [0.4, 0.5) is 0 Å². The van der Waals surface area contributed by atoms with Crippen molar-refractivity contribution in [3.63, 3.8) is 0 Å². The van der Waals surface area contributed by atoms with Gasteiger partial charge in [0.15, 0.2) is 0 Å². The summed E-state index contributed by atoms with van der Waals surface area (Å²) in [4.78, 5) is 14.8. The van der Waals surface area contributed by atoms with Crippen LogP contribution in [0.15, 0.2) is 0 Å². The molecule has 2 fully saturated rings. The molecule has 0 aromatic heterocycles. The number of amides is 1. The fourth-order valence-electron chi connectivity index (χ4n) is 3.69. The van der Waals surface area contributed by atoms with Gasteiger partial charge >= 0.3 is 0 Å². The summed E-state index contributed by atoms with van der Waals surface area (Å²) in [5, 5.41) is 9.41. The Kier molecular flexibility index (Phi) is 3.94. The Morgan fingerprint density at radius 3 is 2.56 bits per heavy atom. The molecule has 2 unspecified atom stereocenters. The lowest BCUT2D eigenvalue weighted by Crippen LogP contribution is -2.47. The molecule has 0 aromatic carbocycles. The van der Waals surface area contributed by atoms with E-state index in [1.165, 1.54) is 19.3 Å². The second-order valence-electron chi connectivity index (χ2n) is 5.80. The monoisotopic (exact) mass is 248 g/mol.